The van der Waals surface area contributed by atoms with Gasteiger partial charge in [-0.3, -0.25) is 0 Å². The molecule has 0 radical (unpaired) electrons. The summed E-state index contributed by atoms with van der Waals surface area (Å²) in [5, 5.41) is 7.06. The Morgan fingerprint density at radius 3 is 2.69 bits per heavy atom. The second-order valence-corrected chi connectivity index (χ2v) is 7.12. The van der Waals surface area contributed by atoms with Crippen LogP contribution in [0.3, 0.4) is 0 Å². The molecule has 1 aromatic heterocycles. The lowest BCUT2D eigenvalue weighted by Gasteiger charge is -2.38. The third kappa shape index (κ3) is 4.16. The maximum atomic E-state index is 6.09. The lowest BCUT2D eigenvalue weighted by atomic mass is 9.89. The zero-order valence-corrected chi connectivity index (χ0v) is 16.1. The Morgan fingerprint density at radius 2 is 2.04 bits per heavy atom. The molecule has 1 aromatic carbocycles. The van der Waals surface area contributed by atoms with Gasteiger partial charge in [0.05, 0.1) is 32.1 Å². The predicted molar refractivity (Wildman–Crippen MR) is 105 cm³/mol. The Morgan fingerprint density at radius 1 is 1.23 bits per heavy atom. The van der Waals surface area contributed by atoms with E-state index >= 15 is 0 Å². The largest absolute Gasteiger partial charge is 0.497 e. The van der Waals surface area contributed by atoms with Crippen LogP contribution in [0.1, 0.15) is 31.9 Å². The molecule has 0 spiro atoms. The van der Waals surface area contributed by atoms with Crippen LogP contribution in [0.4, 0.5) is 5.69 Å². The topological polar surface area (TPSA) is 64.6 Å². The molecule has 0 amide bonds. The van der Waals surface area contributed by atoms with E-state index in [2.05, 4.69) is 29.5 Å². The molecule has 1 atom stereocenters. The lowest BCUT2D eigenvalue weighted by molar-refractivity contribution is 0.0695. The number of hydrogen-bond acceptors (Lipinski definition) is 5. The molecular weight excluding hydrogens is 350 g/mol. The lowest BCUT2D eigenvalue weighted by Crippen LogP contribution is -2.42. The predicted octanol–water partition coefficient (Wildman–Crippen LogP) is 3.69. The molecule has 0 saturated heterocycles. The average Bonchev–Trinajstić information content (AvgIpc) is 2.61. The van der Waals surface area contributed by atoms with Crippen LogP contribution < -0.4 is 24.8 Å². The number of hydrogen-bond donors (Lipinski definition) is 2. The molecule has 6 nitrogen and oxygen atoms in total. The van der Waals surface area contributed by atoms with E-state index < -0.39 is 0 Å². The maximum Gasteiger partial charge on any atom is 0.213 e. The zero-order chi connectivity index (χ0) is 18.7. The van der Waals surface area contributed by atoms with Gasteiger partial charge in [-0.1, -0.05) is 0 Å². The molecule has 3 rings (SSSR count). The van der Waals surface area contributed by atoms with Crippen molar-refractivity contribution in [3.63, 3.8) is 0 Å². The summed E-state index contributed by atoms with van der Waals surface area (Å²) in [5.74, 6) is 2.19. The summed E-state index contributed by atoms with van der Waals surface area (Å²) >= 11 is 5.49. The normalized spacial score (nSPS) is 17.5. The second-order valence-electron chi connectivity index (χ2n) is 6.71. The number of anilines is 1. The van der Waals surface area contributed by atoms with Crippen LogP contribution in [0.5, 0.6) is 17.4 Å². The first-order valence-corrected chi connectivity index (χ1v) is 8.75. The van der Waals surface area contributed by atoms with Gasteiger partial charge >= 0.3 is 0 Å². The Kier molecular flexibility index (Phi) is 5.18. The third-order valence-electron chi connectivity index (χ3n) is 4.18. The number of thiocarbonyl (C=S) groups is 1. The number of aromatic nitrogens is 1. The number of rotatable bonds is 4. The number of pyridine rings is 1. The Hall–Kier alpha value is -2.54. The summed E-state index contributed by atoms with van der Waals surface area (Å²) in [4.78, 5) is 4.17. The van der Waals surface area contributed by atoms with Gasteiger partial charge in [0.25, 0.3) is 0 Å². The molecule has 1 aliphatic heterocycles. The minimum Gasteiger partial charge on any atom is -0.497 e. The molecule has 0 fully saturated rings. The minimum atomic E-state index is -0.295. The Labute approximate surface area is 158 Å². The van der Waals surface area contributed by atoms with Crippen molar-refractivity contribution in [3.8, 4) is 17.4 Å². The van der Waals surface area contributed by atoms with Crippen molar-refractivity contribution in [1.29, 1.82) is 0 Å². The van der Waals surface area contributed by atoms with Crippen LogP contribution in [-0.4, -0.2) is 29.9 Å². The first-order chi connectivity index (χ1) is 12.4. The van der Waals surface area contributed by atoms with Gasteiger partial charge in [0, 0.05) is 18.1 Å². The van der Waals surface area contributed by atoms with E-state index in [1.54, 1.807) is 26.5 Å². The smallest absolute Gasteiger partial charge is 0.213 e. The van der Waals surface area contributed by atoms with Gasteiger partial charge in [-0.15, -0.1) is 0 Å². The molecule has 1 aliphatic rings. The van der Waals surface area contributed by atoms with Crippen molar-refractivity contribution in [2.24, 2.45) is 0 Å². The van der Waals surface area contributed by atoms with Crippen LogP contribution >= 0.6 is 12.2 Å². The van der Waals surface area contributed by atoms with E-state index in [0.717, 1.165) is 29.2 Å². The van der Waals surface area contributed by atoms with Crippen LogP contribution in [-0.2, 0) is 0 Å². The van der Waals surface area contributed by atoms with Gasteiger partial charge in [-0.25, -0.2) is 4.98 Å². The Bertz CT molecular complexity index is 793. The van der Waals surface area contributed by atoms with Gasteiger partial charge < -0.3 is 24.8 Å². The maximum absolute atomic E-state index is 6.09. The fraction of sp³-hybridized carbons (Fsp3) is 0.368. The van der Waals surface area contributed by atoms with Crippen LogP contribution in [0.15, 0.2) is 36.5 Å². The molecule has 2 aromatic rings. The number of nitrogens with zero attached hydrogens (tertiary/aromatic N) is 1. The van der Waals surface area contributed by atoms with Gasteiger partial charge in [0.2, 0.25) is 5.88 Å². The molecule has 7 heteroatoms. The van der Waals surface area contributed by atoms with Crippen molar-refractivity contribution >= 4 is 23.0 Å². The molecule has 2 heterocycles. The second kappa shape index (κ2) is 7.37. The highest BCUT2D eigenvalue weighted by Crippen LogP contribution is 2.41. The summed E-state index contributed by atoms with van der Waals surface area (Å²) in [6, 6.07) is 9.48. The average molecular weight is 373 g/mol. The Balaban J connectivity index is 1.76. The quantitative estimate of drug-likeness (QED) is 0.793. The molecule has 138 valence electrons. The number of methoxy groups -OCH3 is 2. The van der Waals surface area contributed by atoms with E-state index in [0.29, 0.717) is 11.0 Å². The zero-order valence-electron chi connectivity index (χ0n) is 15.3. The third-order valence-corrected chi connectivity index (χ3v) is 4.40. The summed E-state index contributed by atoms with van der Waals surface area (Å²) < 4.78 is 16.5. The number of benzene rings is 1. The molecule has 2 N–H and O–H groups in total. The van der Waals surface area contributed by atoms with Gasteiger partial charge in [0.1, 0.15) is 17.1 Å². The molecule has 1 unspecified atom stereocenters. The van der Waals surface area contributed by atoms with Crippen LogP contribution in [0.2, 0.25) is 0 Å². The van der Waals surface area contributed by atoms with Crippen LogP contribution in [0.25, 0.3) is 0 Å². The molecule has 0 saturated carbocycles. The minimum absolute atomic E-state index is 0.00931. The van der Waals surface area contributed by atoms with Crippen molar-refractivity contribution in [2.75, 3.05) is 19.5 Å². The first-order valence-electron chi connectivity index (χ1n) is 8.35. The summed E-state index contributed by atoms with van der Waals surface area (Å²) in [5.41, 5.74) is 1.53. The summed E-state index contributed by atoms with van der Waals surface area (Å²) in [7, 11) is 3.24. The monoisotopic (exact) mass is 373 g/mol. The first kappa shape index (κ1) is 18.3. The van der Waals surface area contributed by atoms with Crippen molar-refractivity contribution in [2.45, 2.75) is 31.9 Å². The molecule has 26 heavy (non-hydrogen) atoms. The number of nitrogens with one attached hydrogen (secondary N) is 2. The van der Waals surface area contributed by atoms with E-state index in [-0.39, 0.29) is 11.6 Å². The number of ether oxygens (including phenoxy) is 3. The fourth-order valence-corrected chi connectivity index (χ4v) is 3.25. The van der Waals surface area contributed by atoms with E-state index in [1.807, 2.05) is 24.3 Å². The molecule has 0 aliphatic carbocycles. The highest BCUT2D eigenvalue weighted by Gasteiger charge is 2.34. The highest BCUT2D eigenvalue weighted by molar-refractivity contribution is 7.80. The van der Waals surface area contributed by atoms with E-state index in [9.17, 15) is 0 Å². The van der Waals surface area contributed by atoms with Gasteiger partial charge in [0.15, 0.2) is 5.11 Å². The van der Waals surface area contributed by atoms with Crippen molar-refractivity contribution in [3.05, 3.63) is 42.1 Å². The standard InChI is InChI=1S/C19H23N3O3S/c1-19(2)10-15(14-9-13(23-3)6-7-16(14)25-19)22-18(26)21-12-5-8-17(24-4)20-11-12/h5-9,11,15H,10H2,1-4H3,(H2,21,22,26). The van der Waals surface area contributed by atoms with Crippen molar-refractivity contribution in [1.82, 2.24) is 10.3 Å². The fourth-order valence-electron chi connectivity index (χ4n) is 2.99. The van der Waals surface area contributed by atoms with Crippen LogP contribution in [0, 0.1) is 0 Å². The van der Waals surface area contributed by atoms with E-state index in [1.165, 1.54) is 0 Å². The van der Waals surface area contributed by atoms with Crippen molar-refractivity contribution < 1.29 is 14.2 Å². The van der Waals surface area contributed by atoms with E-state index in [4.69, 9.17) is 26.4 Å². The molecular formula is C19H23N3O3S. The number of fused-ring (bicyclic) bond motifs is 1. The summed E-state index contributed by atoms with van der Waals surface area (Å²) in [6.07, 6.45) is 2.45. The summed E-state index contributed by atoms with van der Waals surface area (Å²) in [6.45, 7) is 4.14. The van der Waals surface area contributed by atoms with Gasteiger partial charge in [-0.05, 0) is 50.3 Å². The van der Waals surface area contributed by atoms with Gasteiger partial charge in [-0.2, -0.15) is 0 Å². The molecule has 0 bridgehead atoms. The SMILES string of the molecule is COc1ccc2c(c1)C(NC(=S)Nc1ccc(OC)nc1)CC(C)(C)O2. The highest BCUT2D eigenvalue weighted by atomic mass is 32.1.